The second-order valence-electron chi connectivity index (χ2n) is 8.06. The van der Waals surface area contributed by atoms with Gasteiger partial charge >= 0.3 is 5.97 Å². The number of aliphatic carboxylic acids is 1. The number of nitrogens with one attached hydrogen (secondary N) is 1. The lowest BCUT2D eigenvalue weighted by molar-refractivity contribution is -0.137. The Hall–Kier alpha value is -4.51. The average Bonchev–Trinajstić information content (AvgIpc) is 3.49. The lowest BCUT2D eigenvalue weighted by Crippen LogP contribution is -2.14. The number of likely N-dealkylation sites (N-methyl/N-ethyl adjacent to an activating group) is 1. The number of hydrogen-bond acceptors (Lipinski definition) is 8. The van der Waals surface area contributed by atoms with Crippen molar-refractivity contribution in [3.05, 3.63) is 60.7 Å². The third kappa shape index (κ3) is 4.62. The minimum atomic E-state index is -1.03. The minimum absolute atomic E-state index is 0.349. The summed E-state index contributed by atoms with van der Waals surface area (Å²) in [6, 6.07) is 11.2. The van der Waals surface area contributed by atoms with Crippen molar-refractivity contribution in [1.82, 2.24) is 45.0 Å². The lowest BCUT2D eigenvalue weighted by Gasteiger charge is -2.08. The lowest BCUT2D eigenvalue weighted by atomic mass is 10.1. The Labute approximate surface area is 200 Å². The van der Waals surface area contributed by atoms with Gasteiger partial charge < -0.3 is 10.4 Å². The maximum absolute atomic E-state index is 11.5. The van der Waals surface area contributed by atoms with Crippen LogP contribution >= 0.6 is 0 Å². The maximum atomic E-state index is 11.5. The first-order valence-electron chi connectivity index (χ1n) is 11.1. The number of carbonyl (C=O) groups is 1. The molecule has 0 aliphatic heterocycles. The normalized spacial score (nSPS) is 11.3. The molecule has 0 aliphatic carbocycles. The fourth-order valence-electron chi connectivity index (χ4n) is 3.81. The molecule has 0 radical (unpaired) electrons. The predicted octanol–water partition coefficient (Wildman–Crippen LogP) is 2.43. The van der Waals surface area contributed by atoms with Crippen LogP contribution in [0.25, 0.3) is 44.9 Å². The molecule has 0 amide bonds. The molecule has 5 aromatic rings. The van der Waals surface area contributed by atoms with Gasteiger partial charge in [0.05, 0.1) is 35.2 Å². The molecule has 11 heteroatoms. The van der Waals surface area contributed by atoms with Gasteiger partial charge in [-0.15, -0.1) is 5.10 Å². The molecule has 2 N–H and O–H groups in total. The average molecular weight is 470 g/mol. The quantitative estimate of drug-likeness (QED) is 0.351. The van der Waals surface area contributed by atoms with Crippen LogP contribution in [-0.4, -0.2) is 64.4 Å². The van der Waals surface area contributed by atoms with Crippen LogP contribution < -0.4 is 5.32 Å². The molecule has 0 saturated carbocycles. The van der Waals surface area contributed by atoms with Crippen LogP contribution in [0.1, 0.15) is 5.69 Å². The van der Waals surface area contributed by atoms with Crippen LogP contribution in [0.2, 0.25) is 0 Å². The molecule has 35 heavy (non-hydrogen) atoms. The fraction of sp³-hybridized carbons (Fsp3) is 0.208. The van der Waals surface area contributed by atoms with Crippen LogP contribution in [0.5, 0.6) is 0 Å². The number of carboxylic acid groups (broad SMARTS) is 1. The smallest absolute Gasteiger partial charge is 0.325 e. The molecular formula is C24H23N9O2. The molecule has 5 aromatic heterocycles. The Bertz CT molecular complexity index is 1520. The van der Waals surface area contributed by atoms with Gasteiger partial charge in [-0.3, -0.25) is 19.4 Å². The van der Waals surface area contributed by atoms with Gasteiger partial charge in [-0.1, -0.05) is 11.3 Å². The second kappa shape index (κ2) is 9.39. The number of carboxylic acids is 1. The van der Waals surface area contributed by atoms with Crippen molar-refractivity contribution in [2.45, 2.75) is 20.0 Å². The number of rotatable bonds is 8. The monoisotopic (exact) mass is 469 g/mol. The van der Waals surface area contributed by atoms with E-state index in [1.807, 2.05) is 55.2 Å². The summed E-state index contributed by atoms with van der Waals surface area (Å²) in [6.07, 6.45) is 5.56. The van der Waals surface area contributed by atoms with E-state index in [1.54, 1.807) is 18.5 Å². The van der Waals surface area contributed by atoms with Crippen LogP contribution in [0.3, 0.4) is 0 Å². The van der Waals surface area contributed by atoms with Gasteiger partial charge in [-0.05, 0) is 44.3 Å². The topological polar surface area (TPSA) is 137 Å². The molecule has 0 aromatic carbocycles. The van der Waals surface area contributed by atoms with Crippen molar-refractivity contribution in [2.75, 3.05) is 13.6 Å². The van der Waals surface area contributed by atoms with Crippen molar-refractivity contribution >= 4 is 17.0 Å². The highest BCUT2D eigenvalue weighted by atomic mass is 16.4. The molecule has 0 atom stereocenters. The van der Waals surface area contributed by atoms with E-state index in [0.717, 1.165) is 29.9 Å². The number of fused-ring (bicyclic) bond motifs is 1. The second-order valence-corrected chi connectivity index (χ2v) is 8.06. The summed E-state index contributed by atoms with van der Waals surface area (Å²) in [7, 11) is 1.90. The molecule has 0 bridgehead atoms. The summed E-state index contributed by atoms with van der Waals surface area (Å²) in [5, 5.41) is 25.2. The first kappa shape index (κ1) is 22.3. The summed E-state index contributed by atoms with van der Waals surface area (Å²) in [4.78, 5) is 25.4. The minimum Gasteiger partial charge on any atom is -0.480 e. The van der Waals surface area contributed by atoms with Gasteiger partial charge in [0.15, 0.2) is 0 Å². The van der Waals surface area contributed by atoms with Crippen LogP contribution in [0.4, 0.5) is 0 Å². The number of pyridine rings is 3. The first-order chi connectivity index (χ1) is 17.0. The fourth-order valence-corrected chi connectivity index (χ4v) is 3.81. The highest BCUT2D eigenvalue weighted by molar-refractivity contribution is 5.84. The van der Waals surface area contributed by atoms with E-state index in [4.69, 9.17) is 4.98 Å². The van der Waals surface area contributed by atoms with Gasteiger partial charge in [-0.25, -0.2) is 9.67 Å². The van der Waals surface area contributed by atoms with Crippen molar-refractivity contribution in [3.63, 3.8) is 0 Å². The van der Waals surface area contributed by atoms with E-state index < -0.39 is 5.97 Å². The summed E-state index contributed by atoms with van der Waals surface area (Å²) < 4.78 is 3.20. The zero-order valence-electron chi connectivity index (χ0n) is 19.3. The van der Waals surface area contributed by atoms with Crippen molar-refractivity contribution < 1.29 is 9.90 Å². The molecule has 0 aliphatic rings. The van der Waals surface area contributed by atoms with Gasteiger partial charge in [-0.2, -0.15) is 5.10 Å². The molecule has 0 fully saturated rings. The molecule has 0 saturated heterocycles. The van der Waals surface area contributed by atoms with Crippen molar-refractivity contribution in [1.29, 1.82) is 0 Å². The molecule has 11 nitrogen and oxygen atoms in total. The van der Waals surface area contributed by atoms with Crippen molar-refractivity contribution in [3.8, 4) is 33.9 Å². The highest BCUT2D eigenvalue weighted by Crippen LogP contribution is 2.30. The van der Waals surface area contributed by atoms with E-state index in [-0.39, 0.29) is 6.54 Å². The maximum Gasteiger partial charge on any atom is 0.325 e. The third-order valence-corrected chi connectivity index (χ3v) is 5.49. The number of aryl methyl sites for hydroxylation is 1. The molecule has 0 unspecified atom stereocenters. The van der Waals surface area contributed by atoms with E-state index in [2.05, 4.69) is 30.7 Å². The van der Waals surface area contributed by atoms with Gasteiger partial charge in [0.2, 0.25) is 0 Å². The van der Waals surface area contributed by atoms with Gasteiger partial charge in [0.25, 0.3) is 0 Å². The molecule has 5 heterocycles. The summed E-state index contributed by atoms with van der Waals surface area (Å²) >= 11 is 0. The Morgan fingerprint density at radius 3 is 2.74 bits per heavy atom. The molecule has 0 spiro atoms. The Kier molecular flexibility index (Phi) is 5.98. The summed E-state index contributed by atoms with van der Waals surface area (Å²) in [5.41, 5.74) is 6.10. The Balaban J connectivity index is 1.59. The molecular weight excluding hydrogens is 446 g/mol. The van der Waals surface area contributed by atoms with Crippen molar-refractivity contribution in [2.24, 2.45) is 0 Å². The van der Waals surface area contributed by atoms with E-state index >= 15 is 0 Å². The first-order valence-corrected chi connectivity index (χ1v) is 11.1. The van der Waals surface area contributed by atoms with Gasteiger partial charge in [0.1, 0.15) is 17.9 Å². The van der Waals surface area contributed by atoms with E-state index in [9.17, 15) is 9.90 Å². The van der Waals surface area contributed by atoms with Crippen LogP contribution in [0.15, 0.2) is 55.0 Å². The standard InChI is InChI=1S/C24H23N9O2/c1-15-4-3-5-19(28-15)23-24(33(31-30-23)14-22(34)35)20-7-6-18-21(29-20)10-16(11-26-18)17-12-27-32(13-17)9-8-25-2/h3-7,10-13,25H,8-9,14H2,1-2H3,(H,34,35). The molecule has 176 valence electrons. The number of hydrogen-bond donors (Lipinski definition) is 2. The summed E-state index contributed by atoms with van der Waals surface area (Å²) in [6.45, 7) is 3.11. The molecule has 5 rings (SSSR count). The summed E-state index contributed by atoms with van der Waals surface area (Å²) in [5.74, 6) is -1.03. The van der Waals surface area contributed by atoms with E-state index in [0.29, 0.717) is 33.8 Å². The van der Waals surface area contributed by atoms with Crippen LogP contribution in [0, 0.1) is 6.92 Å². The Morgan fingerprint density at radius 1 is 1.06 bits per heavy atom. The SMILES string of the molecule is CNCCn1cc(-c2cnc3ccc(-c4c(-c5cccc(C)n5)nnn4CC(=O)O)nc3c2)cn1. The number of nitrogens with zero attached hydrogens (tertiary/aromatic N) is 8. The highest BCUT2D eigenvalue weighted by Gasteiger charge is 2.21. The Morgan fingerprint density at radius 2 is 1.94 bits per heavy atom. The van der Waals surface area contributed by atoms with Gasteiger partial charge in [0, 0.05) is 35.8 Å². The van der Waals surface area contributed by atoms with Crippen LogP contribution in [-0.2, 0) is 17.9 Å². The zero-order chi connectivity index (χ0) is 24.4. The third-order valence-electron chi connectivity index (χ3n) is 5.49. The number of aromatic nitrogens is 8. The zero-order valence-corrected chi connectivity index (χ0v) is 19.3. The largest absolute Gasteiger partial charge is 0.480 e. The predicted molar refractivity (Wildman–Crippen MR) is 129 cm³/mol. The van der Waals surface area contributed by atoms with E-state index in [1.165, 1.54) is 4.68 Å².